The number of halogens is 2. The maximum atomic E-state index is 13.4. The monoisotopic (exact) mass is 362 g/mol. The van der Waals surface area contributed by atoms with Crippen LogP contribution < -0.4 is 4.90 Å². The van der Waals surface area contributed by atoms with E-state index in [4.69, 9.17) is 0 Å². The number of nitrogens with zero attached hydrogens (tertiary/aromatic N) is 2. The van der Waals surface area contributed by atoms with Crippen molar-refractivity contribution < 1.29 is 9.18 Å². The van der Waals surface area contributed by atoms with Crippen molar-refractivity contribution in [2.45, 2.75) is 0 Å². The molecule has 3 rings (SSSR count). The van der Waals surface area contributed by atoms with Gasteiger partial charge < -0.3 is 9.80 Å². The number of piperazine rings is 1. The molecule has 0 aromatic heterocycles. The molecule has 1 fully saturated rings. The molecule has 0 spiro atoms. The fraction of sp³-hybridized carbons (Fsp3) is 0.235. The summed E-state index contributed by atoms with van der Waals surface area (Å²) in [5, 5.41) is 0. The third-order valence-electron chi connectivity index (χ3n) is 3.80. The van der Waals surface area contributed by atoms with E-state index < -0.39 is 5.82 Å². The summed E-state index contributed by atoms with van der Waals surface area (Å²) in [4.78, 5) is 16.5. The topological polar surface area (TPSA) is 23.6 Å². The standard InChI is InChI=1S/C17H16BrFN2O/c18-14-10-13(11-15(19)12-14)17(22)21-8-6-20(7-9-21)16-4-2-1-3-5-16/h1-5,10-12H,6-9H2. The van der Waals surface area contributed by atoms with Crippen molar-refractivity contribution in [3.63, 3.8) is 0 Å². The quantitative estimate of drug-likeness (QED) is 0.815. The lowest BCUT2D eigenvalue weighted by Crippen LogP contribution is -2.48. The number of carbonyl (C=O) groups excluding carboxylic acids is 1. The number of benzene rings is 2. The van der Waals surface area contributed by atoms with Gasteiger partial charge in [0.25, 0.3) is 5.91 Å². The molecule has 114 valence electrons. The predicted octanol–water partition coefficient (Wildman–Crippen LogP) is 3.55. The first-order valence-corrected chi connectivity index (χ1v) is 7.98. The van der Waals surface area contributed by atoms with Crippen molar-refractivity contribution in [3.8, 4) is 0 Å². The van der Waals surface area contributed by atoms with Gasteiger partial charge in [-0.2, -0.15) is 0 Å². The molecule has 0 unspecified atom stereocenters. The predicted molar refractivity (Wildman–Crippen MR) is 88.7 cm³/mol. The zero-order chi connectivity index (χ0) is 15.5. The van der Waals surface area contributed by atoms with Crippen LogP contribution in [0.5, 0.6) is 0 Å². The van der Waals surface area contributed by atoms with Crippen LogP contribution in [0, 0.1) is 5.82 Å². The number of para-hydroxylation sites is 1. The molecule has 1 amide bonds. The lowest BCUT2D eigenvalue weighted by molar-refractivity contribution is 0.0746. The first-order chi connectivity index (χ1) is 10.6. The average Bonchev–Trinajstić information content (AvgIpc) is 2.54. The molecule has 1 heterocycles. The Labute approximate surface area is 137 Å². The molecule has 0 N–H and O–H groups in total. The van der Waals surface area contributed by atoms with Crippen LogP contribution in [-0.2, 0) is 0 Å². The highest BCUT2D eigenvalue weighted by Crippen LogP contribution is 2.19. The molecule has 1 saturated heterocycles. The second-order valence-electron chi connectivity index (χ2n) is 5.27. The normalized spacial score (nSPS) is 15.0. The number of carbonyl (C=O) groups is 1. The van der Waals surface area contributed by atoms with Gasteiger partial charge in [0.2, 0.25) is 0 Å². The molecular formula is C17H16BrFN2O. The summed E-state index contributed by atoms with van der Waals surface area (Å²) in [7, 11) is 0. The van der Waals surface area contributed by atoms with Crippen LogP contribution >= 0.6 is 15.9 Å². The minimum absolute atomic E-state index is 0.118. The van der Waals surface area contributed by atoms with Gasteiger partial charge in [-0.05, 0) is 30.3 Å². The van der Waals surface area contributed by atoms with Crippen LogP contribution in [0.3, 0.4) is 0 Å². The van der Waals surface area contributed by atoms with Gasteiger partial charge in [0, 0.05) is 41.9 Å². The maximum Gasteiger partial charge on any atom is 0.254 e. The Bertz CT molecular complexity index is 649. The Morgan fingerprint density at radius 2 is 1.68 bits per heavy atom. The molecule has 0 saturated carbocycles. The highest BCUT2D eigenvalue weighted by atomic mass is 79.9. The SMILES string of the molecule is O=C(c1cc(F)cc(Br)c1)N1CCN(c2ccccc2)CC1. The Balaban J connectivity index is 1.67. The fourth-order valence-corrected chi connectivity index (χ4v) is 3.13. The highest BCUT2D eigenvalue weighted by Gasteiger charge is 2.22. The summed E-state index contributed by atoms with van der Waals surface area (Å²) in [5.74, 6) is -0.520. The van der Waals surface area contributed by atoms with E-state index in [-0.39, 0.29) is 5.91 Å². The van der Waals surface area contributed by atoms with E-state index in [1.165, 1.54) is 17.8 Å². The summed E-state index contributed by atoms with van der Waals surface area (Å²) in [5.41, 5.74) is 1.56. The van der Waals surface area contributed by atoms with Gasteiger partial charge >= 0.3 is 0 Å². The van der Waals surface area contributed by atoms with Crippen molar-refractivity contribution >= 4 is 27.5 Å². The van der Waals surface area contributed by atoms with E-state index in [0.717, 1.165) is 13.1 Å². The summed E-state index contributed by atoms with van der Waals surface area (Å²) < 4.78 is 14.0. The number of hydrogen-bond acceptors (Lipinski definition) is 2. The average molecular weight is 363 g/mol. The van der Waals surface area contributed by atoms with Crippen LogP contribution in [0.25, 0.3) is 0 Å². The molecule has 0 radical (unpaired) electrons. The molecule has 2 aromatic rings. The third-order valence-corrected chi connectivity index (χ3v) is 4.26. The molecule has 0 bridgehead atoms. The summed E-state index contributed by atoms with van der Waals surface area (Å²) in [6.07, 6.45) is 0. The molecule has 1 aliphatic rings. The van der Waals surface area contributed by atoms with Gasteiger partial charge in [0.15, 0.2) is 0 Å². The lowest BCUT2D eigenvalue weighted by atomic mass is 10.1. The Morgan fingerprint density at radius 1 is 1.00 bits per heavy atom. The molecular weight excluding hydrogens is 347 g/mol. The molecule has 0 atom stereocenters. The van der Waals surface area contributed by atoms with E-state index in [1.807, 2.05) is 18.2 Å². The van der Waals surface area contributed by atoms with E-state index in [9.17, 15) is 9.18 Å². The van der Waals surface area contributed by atoms with E-state index >= 15 is 0 Å². The minimum atomic E-state index is -0.402. The lowest BCUT2D eigenvalue weighted by Gasteiger charge is -2.36. The second-order valence-corrected chi connectivity index (χ2v) is 6.19. The number of anilines is 1. The summed E-state index contributed by atoms with van der Waals surface area (Å²) in [6, 6.07) is 14.5. The van der Waals surface area contributed by atoms with Crippen LogP contribution in [0.4, 0.5) is 10.1 Å². The van der Waals surface area contributed by atoms with Crippen LogP contribution in [0.15, 0.2) is 53.0 Å². The van der Waals surface area contributed by atoms with E-state index in [2.05, 4.69) is 33.0 Å². The molecule has 1 aliphatic heterocycles. The van der Waals surface area contributed by atoms with Crippen molar-refractivity contribution in [3.05, 3.63) is 64.4 Å². The maximum absolute atomic E-state index is 13.4. The van der Waals surface area contributed by atoms with Gasteiger partial charge in [-0.1, -0.05) is 34.1 Å². The zero-order valence-corrected chi connectivity index (χ0v) is 13.6. The Hall–Kier alpha value is -1.88. The summed E-state index contributed by atoms with van der Waals surface area (Å²) >= 11 is 3.23. The summed E-state index contributed by atoms with van der Waals surface area (Å²) in [6.45, 7) is 2.85. The number of amides is 1. The fourth-order valence-electron chi connectivity index (χ4n) is 2.67. The third kappa shape index (κ3) is 3.30. The van der Waals surface area contributed by atoms with Crippen LogP contribution in [0.1, 0.15) is 10.4 Å². The van der Waals surface area contributed by atoms with Gasteiger partial charge in [-0.3, -0.25) is 4.79 Å². The van der Waals surface area contributed by atoms with Gasteiger partial charge in [0.05, 0.1) is 0 Å². The molecule has 2 aromatic carbocycles. The molecule has 0 aliphatic carbocycles. The largest absolute Gasteiger partial charge is 0.368 e. The van der Waals surface area contributed by atoms with E-state index in [0.29, 0.717) is 23.1 Å². The molecule has 3 nitrogen and oxygen atoms in total. The number of hydrogen-bond donors (Lipinski definition) is 0. The molecule has 5 heteroatoms. The zero-order valence-electron chi connectivity index (χ0n) is 12.0. The number of rotatable bonds is 2. The van der Waals surface area contributed by atoms with Crippen molar-refractivity contribution in [2.24, 2.45) is 0 Å². The Morgan fingerprint density at radius 3 is 2.32 bits per heavy atom. The smallest absolute Gasteiger partial charge is 0.254 e. The van der Waals surface area contributed by atoms with Crippen LogP contribution in [0.2, 0.25) is 0 Å². The molecule has 22 heavy (non-hydrogen) atoms. The minimum Gasteiger partial charge on any atom is -0.368 e. The Kier molecular flexibility index (Phi) is 4.43. The first kappa shape index (κ1) is 15.0. The van der Waals surface area contributed by atoms with E-state index in [1.54, 1.807) is 11.0 Å². The van der Waals surface area contributed by atoms with Crippen LogP contribution in [-0.4, -0.2) is 37.0 Å². The van der Waals surface area contributed by atoms with Gasteiger partial charge in [0.1, 0.15) is 5.82 Å². The highest BCUT2D eigenvalue weighted by molar-refractivity contribution is 9.10. The first-order valence-electron chi connectivity index (χ1n) is 7.19. The van der Waals surface area contributed by atoms with Gasteiger partial charge in [-0.25, -0.2) is 4.39 Å². The second kappa shape index (κ2) is 6.48. The van der Waals surface area contributed by atoms with Gasteiger partial charge in [-0.15, -0.1) is 0 Å². The van der Waals surface area contributed by atoms with Crippen molar-refractivity contribution in [1.82, 2.24) is 4.90 Å². The van der Waals surface area contributed by atoms with Crippen molar-refractivity contribution in [2.75, 3.05) is 31.1 Å². The van der Waals surface area contributed by atoms with Crippen molar-refractivity contribution in [1.29, 1.82) is 0 Å².